The molecule has 10 nitrogen and oxygen atoms in total. The van der Waals surface area contributed by atoms with Crippen molar-refractivity contribution in [2.75, 3.05) is 19.8 Å². The number of alkyl carbamates (subject to hydrolysis) is 1. The molecule has 0 radical (unpaired) electrons. The van der Waals surface area contributed by atoms with Crippen molar-refractivity contribution in [2.45, 2.75) is 18.2 Å². The topological polar surface area (TPSA) is 140 Å². The van der Waals surface area contributed by atoms with E-state index in [4.69, 9.17) is 4.74 Å². The van der Waals surface area contributed by atoms with Gasteiger partial charge in [-0.1, -0.05) is 12.1 Å². The number of esters is 1. The van der Waals surface area contributed by atoms with E-state index in [9.17, 15) is 22.8 Å². The van der Waals surface area contributed by atoms with Crippen molar-refractivity contribution in [3.8, 4) is 0 Å². The number of benzene rings is 1. The largest absolute Gasteiger partial charge is 0.456 e. The summed E-state index contributed by atoms with van der Waals surface area (Å²) in [7, 11) is -3.64. The van der Waals surface area contributed by atoms with Gasteiger partial charge >= 0.3 is 12.1 Å². The first kappa shape index (κ1) is 19.4. The summed E-state index contributed by atoms with van der Waals surface area (Å²) in [4.78, 5) is 38.1. The molecule has 0 aliphatic carbocycles. The third-order valence-electron chi connectivity index (χ3n) is 3.13. The van der Waals surface area contributed by atoms with Crippen molar-refractivity contribution in [1.82, 2.24) is 10.0 Å². The van der Waals surface area contributed by atoms with Gasteiger partial charge in [-0.25, -0.2) is 13.2 Å². The lowest BCUT2D eigenvalue weighted by atomic mass is 10.2. The zero-order chi connectivity index (χ0) is 19.2. The summed E-state index contributed by atoms with van der Waals surface area (Å²) in [5.74, 6) is -1.39. The Morgan fingerprint density at radius 1 is 1.19 bits per heavy atom. The van der Waals surface area contributed by atoms with E-state index in [1.54, 1.807) is 25.1 Å². The number of aliphatic imine (C=N–C) groups is 1. The smallest absolute Gasteiger partial charge is 0.413 e. The lowest BCUT2D eigenvalue weighted by Gasteiger charge is -2.05. The van der Waals surface area contributed by atoms with Gasteiger partial charge in [0.25, 0.3) is 15.9 Å². The van der Waals surface area contributed by atoms with Gasteiger partial charge in [0.15, 0.2) is 6.61 Å². The minimum atomic E-state index is -3.64. The molecule has 1 aromatic carbocycles. The number of hydrogen-bond donors (Lipinski definition) is 2. The van der Waals surface area contributed by atoms with E-state index in [2.05, 4.69) is 14.5 Å². The fourth-order valence-electron chi connectivity index (χ4n) is 2.05. The minimum absolute atomic E-state index is 0.0372. The Morgan fingerprint density at radius 2 is 1.92 bits per heavy atom. The molecule has 1 aromatic rings. The molecule has 1 aliphatic heterocycles. The van der Waals surface area contributed by atoms with Gasteiger partial charge in [-0.2, -0.15) is 0 Å². The number of carbonyl (C=O) groups is 3. The second-order valence-electron chi connectivity index (χ2n) is 5.01. The number of rotatable bonds is 6. The number of amides is 2. The zero-order valence-electron chi connectivity index (χ0n) is 13.9. The monoisotopic (exact) mass is 383 g/mol. The van der Waals surface area contributed by atoms with Gasteiger partial charge in [0.1, 0.15) is 5.84 Å². The Bertz CT molecular complexity index is 849. The van der Waals surface area contributed by atoms with Crippen molar-refractivity contribution in [3.63, 3.8) is 0 Å². The highest BCUT2D eigenvalue weighted by Crippen LogP contribution is 2.22. The summed E-state index contributed by atoms with van der Waals surface area (Å²) in [6, 6.07) is 6.33. The maximum atomic E-state index is 11.9. The summed E-state index contributed by atoms with van der Waals surface area (Å²) >= 11 is 0. The highest BCUT2D eigenvalue weighted by atomic mass is 32.2. The first-order chi connectivity index (χ1) is 12.3. The van der Waals surface area contributed by atoms with Gasteiger partial charge in [-0.05, 0) is 19.1 Å². The van der Waals surface area contributed by atoms with Crippen LogP contribution in [0, 0.1) is 0 Å². The Balaban J connectivity index is 1.81. The Morgan fingerprint density at radius 3 is 2.65 bits per heavy atom. The molecule has 0 atom stereocenters. The van der Waals surface area contributed by atoms with Crippen molar-refractivity contribution in [3.05, 3.63) is 29.8 Å². The van der Waals surface area contributed by atoms with E-state index >= 15 is 0 Å². The number of amidine groups is 1. The standard InChI is InChI=1S/C15H17N3O7S/c1-2-24-15(21)17-12(19)9-25-13(20)7-8-16-14-10-5-3-4-6-11(10)26(22,23)18-14/h3-6H,2,7-9H2,1H3,(H,16,18)(H,17,19,21). The van der Waals surface area contributed by atoms with Crippen molar-refractivity contribution >= 4 is 33.8 Å². The first-order valence-corrected chi connectivity index (χ1v) is 9.10. The summed E-state index contributed by atoms with van der Waals surface area (Å²) in [6.07, 6.45) is -1.09. The third-order valence-corrected chi connectivity index (χ3v) is 4.53. The zero-order valence-corrected chi connectivity index (χ0v) is 14.7. The number of fused-ring (bicyclic) bond motifs is 1. The molecule has 2 N–H and O–H groups in total. The van der Waals surface area contributed by atoms with E-state index in [1.807, 2.05) is 5.32 Å². The van der Waals surface area contributed by atoms with Crippen LogP contribution in [0.1, 0.15) is 18.9 Å². The summed E-state index contributed by atoms with van der Waals surface area (Å²) in [6.45, 7) is 1.01. The van der Waals surface area contributed by atoms with Crippen LogP contribution in [0.25, 0.3) is 0 Å². The number of ether oxygens (including phenoxy) is 2. The molecule has 0 unspecified atom stereocenters. The highest BCUT2D eigenvalue weighted by molar-refractivity contribution is 7.90. The van der Waals surface area contributed by atoms with Gasteiger partial charge in [0, 0.05) is 5.56 Å². The fraction of sp³-hybridized carbons (Fsp3) is 0.333. The molecular weight excluding hydrogens is 366 g/mol. The van der Waals surface area contributed by atoms with E-state index in [1.165, 1.54) is 6.07 Å². The normalized spacial score (nSPS) is 15.7. The average Bonchev–Trinajstić information content (AvgIpc) is 2.84. The van der Waals surface area contributed by atoms with E-state index in [0.29, 0.717) is 5.56 Å². The van der Waals surface area contributed by atoms with Crippen molar-refractivity contribution in [2.24, 2.45) is 4.99 Å². The van der Waals surface area contributed by atoms with E-state index in [0.717, 1.165) is 0 Å². The highest BCUT2D eigenvalue weighted by Gasteiger charge is 2.29. The van der Waals surface area contributed by atoms with Gasteiger partial charge in [0.2, 0.25) is 0 Å². The molecule has 2 rings (SSSR count). The first-order valence-electron chi connectivity index (χ1n) is 7.62. The van der Waals surface area contributed by atoms with Crippen LogP contribution in [0.2, 0.25) is 0 Å². The molecule has 0 bridgehead atoms. The van der Waals surface area contributed by atoms with Crippen LogP contribution in [-0.4, -0.2) is 52.0 Å². The van der Waals surface area contributed by atoms with Gasteiger partial charge < -0.3 is 9.47 Å². The van der Waals surface area contributed by atoms with Gasteiger partial charge in [0.05, 0.1) is 24.5 Å². The van der Waals surface area contributed by atoms with Crippen LogP contribution in [0.4, 0.5) is 4.79 Å². The number of nitrogens with one attached hydrogen (secondary N) is 2. The molecular formula is C15H17N3O7S. The van der Waals surface area contributed by atoms with Gasteiger partial charge in [-0.15, -0.1) is 0 Å². The maximum absolute atomic E-state index is 11.9. The predicted octanol–water partition coefficient (Wildman–Crippen LogP) is -0.0689. The van der Waals surface area contributed by atoms with Crippen LogP contribution in [0.5, 0.6) is 0 Å². The maximum Gasteiger partial charge on any atom is 0.413 e. The molecule has 140 valence electrons. The second kappa shape index (κ2) is 8.43. The Hall–Kier alpha value is -2.95. The third kappa shape index (κ3) is 5.02. The molecule has 1 heterocycles. The van der Waals surface area contributed by atoms with Crippen molar-refractivity contribution < 1.29 is 32.3 Å². The lowest BCUT2D eigenvalue weighted by molar-refractivity contribution is -0.148. The molecule has 1 aliphatic rings. The lowest BCUT2D eigenvalue weighted by Crippen LogP contribution is -2.34. The van der Waals surface area contributed by atoms with Gasteiger partial charge in [-0.3, -0.25) is 24.6 Å². The van der Waals surface area contributed by atoms with Crippen LogP contribution in [0.3, 0.4) is 0 Å². The number of nitrogens with zero attached hydrogens (tertiary/aromatic N) is 1. The minimum Gasteiger partial charge on any atom is -0.456 e. The molecule has 0 saturated heterocycles. The number of hydrogen-bond acceptors (Lipinski definition) is 8. The van der Waals surface area contributed by atoms with Crippen LogP contribution < -0.4 is 10.0 Å². The van der Waals surface area contributed by atoms with E-state index in [-0.39, 0.29) is 30.3 Å². The van der Waals surface area contributed by atoms with Crippen LogP contribution >= 0.6 is 0 Å². The number of carbonyl (C=O) groups excluding carboxylic acids is 3. The molecule has 2 amide bonds. The Labute approximate surface area is 149 Å². The molecule has 0 saturated carbocycles. The predicted molar refractivity (Wildman–Crippen MR) is 88.9 cm³/mol. The molecule has 11 heteroatoms. The van der Waals surface area contributed by atoms with Crippen LogP contribution in [0.15, 0.2) is 34.2 Å². The summed E-state index contributed by atoms with van der Waals surface area (Å²) in [5, 5.41) is 1.88. The molecule has 26 heavy (non-hydrogen) atoms. The quantitative estimate of drug-likeness (QED) is 0.655. The number of sulfonamides is 1. The van der Waals surface area contributed by atoms with Crippen LogP contribution in [-0.2, 0) is 29.1 Å². The molecule has 0 aromatic heterocycles. The fourth-order valence-corrected chi connectivity index (χ4v) is 3.30. The van der Waals surface area contributed by atoms with Crippen molar-refractivity contribution in [1.29, 1.82) is 0 Å². The number of imide groups is 1. The Kier molecular flexibility index (Phi) is 6.28. The summed E-state index contributed by atoms with van der Waals surface area (Å²) < 4.78 is 35.3. The molecule has 0 fully saturated rings. The summed E-state index contributed by atoms with van der Waals surface area (Å²) in [5.41, 5.74) is 0.426. The average molecular weight is 383 g/mol. The SMILES string of the molecule is CCOC(=O)NC(=O)COC(=O)CCN=C1NS(=O)(=O)c2ccccc21. The van der Waals surface area contributed by atoms with E-state index < -0.39 is 34.6 Å². The molecule has 0 spiro atoms. The second-order valence-corrected chi connectivity index (χ2v) is 6.66.